The molecule has 0 saturated carbocycles. The minimum Gasteiger partial charge on any atom is -0.484 e. The second-order valence-corrected chi connectivity index (χ2v) is 5.16. The molecule has 0 aromatic heterocycles. The molecule has 20 heavy (non-hydrogen) atoms. The molecule has 1 fully saturated rings. The Hall–Kier alpha value is -2.04. The third-order valence-corrected chi connectivity index (χ3v) is 3.60. The van der Waals surface area contributed by atoms with Crippen molar-refractivity contribution in [2.75, 3.05) is 19.7 Å². The number of amides is 2. The van der Waals surface area contributed by atoms with E-state index in [0.717, 1.165) is 5.56 Å². The predicted molar refractivity (Wildman–Crippen MR) is 75.2 cm³/mol. The van der Waals surface area contributed by atoms with E-state index in [2.05, 4.69) is 0 Å². The summed E-state index contributed by atoms with van der Waals surface area (Å²) >= 11 is 0. The van der Waals surface area contributed by atoms with Gasteiger partial charge in [0.25, 0.3) is 5.91 Å². The number of hydrogen-bond donors (Lipinski definition) is 1. The SMILES string of the molecule is Cc1cccc(OCC(=O)N2CCC(C(N)=O)CC2)c1. The lowest BCUT2D eigenvalue weighted by Crippen LogP contribution is -2.43. The van der Waals surface area contributed by atoms with Gasteiger partial charge >= 0.3 is 0 Å². The van der Waals surface area contributed by atoms with Crippen LogP contribution in [0.2, 0.25) is 0 Å². The fraction of sp³-hybridized carbons (Fsp3) is 0.467. The van der Waals surface area contributed by atoms with Crippen LogP contribution in [0, 0.1) is 12.8 Å². The van der Waals surface area contributed by atoms with E-state index in [1.807, 2.05) is 31.2 Å². The van der Waals surface area contributed by atoms with Gasteiger partial charge in [-0.1, -0.05) is 12.1 Å². The first-order valence-corrected chi connectivity index (χ1v) is 6.83. The highest BCUT2D eigenvalue weighted by molar-refractivity contribution is 5.79. The van der Waals surface area contributed by atoms with Gasteiger partial charge in [0.15, 0.2) is 6.61 Å². The Morgan fingerprint density at radius 2 is 2.05 bits per heavy atom. The lowest BCUT2D eigenvalue weighted by molar-refractivity contribution is -0.136. The Morgan fingerprint density at radius 3 is 2.65 bits per heavy atom. The summed E-state index contributed by atoms with van der Waals surface area (Å²) in [5, 5.41) is 0. The van der Waals surface area contributed by atoms with Crippen molar-refractivity contribution in [1.82, 2.24) is 4.90 Å². The molecule has 108 valence electrons. The number of primary amides is 1. The van der Waals surface area contributed by atoms with Crippen LogP contribution in [0.1, 0.15) is 18.4 Å². The largest absolute Gasteiger partial charge is 0.484 e. The Labute approximate surface area is 118 Å². The molecule has 1 aromatic carbocycles. The number of likely N-dealkylation sites (tertiary alicyclic amines) is 1. The minimum absolute atomic E-state index is 0.0324. The van der Waals surface area contributed by atoms with Gasteiger partial charge in [0, 0.05) is 19.0 Å². The quantitative estimate of drug-likeness (QED) is 0.895. The van der Waals surface area contributed by atoms with Gasteiger partial charge in [0.05, 0.1) is 0 Å². The Bertz CT molecular complexity index is 494. The zero-order valence-corrected chi connectivity index (χ0v) is 11.7. The number of aryl methyl sites for hydroxylation is 1. The normalized spacial score (nSPS) is 15.9. The monoisotopic (exact) mass is 276 g/mol. The molecule has 2 amide bonds. The van der Waals surface area contributed by atoms with Crippen LogP contribution in [0.5, 0.6) is 5.75 Å². The highest BCUT2D eigenvalue weighted by atomic mass is 16.5. The molecule has 1 aliphatic rings. The fourth-order valence-electron chi connectivity index (χ4n) is 2.35. The number of carbonyl (C=O) groups is 2. The van der Waals surface area contributed by atoms with E-state index in [0.29, 0.717) is 31.7 Å². The van der Waals surface area contributed by atoms with Crippen molar-refractivity contribution in [3.63, 3.8) is 0 Å². The average molecular weight is 276 g/mol. The predicted octanol–water partition coefficient (Wildman–Crippen LogP) is 1.10. The highest BCUT2D eigenvalue weighted by Gasteiger charge is 2.25. The number of benzene rings is 1. The van der Waals surface area contributed by atoms with E-state index in [-0.39, 0.29) is 24.3 Å². The maximum atomic E-state index is 12.0. The van der Waals surface area contributed by atoms with Crippen LogP contribution < -0.4 is 10.5 Å². The Morgan fingerprint density at radius 1 is 1.35 bits per heavy atom. The maximum absolute atomic E-state index is 12.0. The summed E-state index contributed by atoms with van der Waals surface area (Å²) in [6.45, 7) is 3.15. The first kappa shape index (κ1) is 14.4. The first-order chi connectivity index (χ1) is 9.56. The summed E-state index contributed by atoms with van der Waals surface area (Å²) in [5.41, 5.74) is 6.37. The van der Waals surface area contributed by atoms with E-state index in [4.69, 9.17) is 10.5 Å². The third-order valence-electron chi connectivity index (χ3n) is 3.60. The summed E-state index contributed by atoms with van der Waals surface area (Å²) in [5.74, 6) is 0.282. The van der Waals surface area contributed by atoms with Crippen LogP contribution in [0.25, 0.3) is 0 Å². The molecule has 1 aromatic rings. The maximum Gasteiger partial charge on any atom is 0.260 e. The Kier molecular flexibility index (Phi) is 4.61. The number of nitrogens with zero attached hydrogens (tertiary/aromatic N) is 1. The van der Waals surface area contributed by atoms with Gasteiger partial charge in [0.1, 0.15) is 5.75 Å². The zero-order valence-electron chi connectivity index (χ0n) is 11.7. The molecule has 1 aliphatic heterocycles. The van der Waals surface area contributed by atoms with Crippen LogP contribution in [-0.2, 0) is 9.59 Å². The molecule has 0 radical (unpaired) electrons. The molecule has 0 aliphatic carbocycles. The number of ether oxygens (including phenoxy) is 1. The van der Waals surface area contributed by atoms with Crippen molar-refractivity contribution in [2.24, 2.45) is 11.7 Å². The van der Waals surface area contributed by atoms with Gasteiger partial charge in [-0.2, -0.15) is 0 Å². The number of rotatable bonds is 4. The van der Waals surface area contributed by atoms with E-state index >= 15 is 0 Å². The van der Waals surface area contributed by atoms with Gasteiger partial charge in [-0.05, 0) is 37.5 Å². The van der Waals surface area contributed by atoms with Gasteiger partial charge in [-0.25, -0.2) is 0 Å². The molecule has 1 saturated heterocycles. The number of carbonyl (C=O) groups excluding carboxylic acids is 2. The standard InChI is InChI=1S/C15H20N2O3/c1-11-3-2-4-13(9-11)20-10-14(18)17-7-5-12(6-8-17)15(16)19/h2-4,9,12H,5-8,10H2,1H3,(H2,16,19). The van der Waals surface area contributed by atoms with E-state index in [1.54, 1.807) is 4.90 Å². The van der Waals surface area contributed by atoms with Gasteiger partial charge in [-0.15, -0.1) is 0 Å². The second kappa shape index (κ2) is 6.41. The summed E-state index contributed by atoms with van der Waals surface area (Å²) in [6, 6.07) is 7.60. The lowest BCUT2D eigenvalue weighted by atomic mass is 9.96. The van der Waals surface area contributed by atoms with Crippen molar-refractivity contribution in [1.29, 1.82) is 0 Å². The van der Waals surface area contributed by atoms with Crippen LogP contribution in [-0.4, -0.2) is 36.4 Å². The summed E-state index contributed by atoms with van der Waals surface area (Å²) in [7, 11) is 0. The molecule has 5 nitrogen and oxygen atoms in total. The number of nitrogens with two attached hydrogens (primary N) is 1. The minimum atomic E-state index is -0.270. The molecule has 2 rings (SSSR count). The van der Waals surface area contributed by atoms with Gasteiger partial charge in [0.2, 0.25) is 5.91 Å². The molecule has 0 spiro atoms. The van der Waals surface area contributed by atoms with Crippen LogP contribution >= 0.6 is 0 Å². The van der Waals surface area contributed by atoms with Crippen molar-refractivity contribution >= 4 is 11.8 Å². The smallest absolute Gasteiger partial charge is 0.260 e. The van der Waals surface area contributed by atoms with E-state index in [9.17, 15) is 9.59 Å². The van der Waals surface area contributed by atoms with Crippen molar-refractivity contribution in [3.05, 3.63) is 29.8 Å². The molecule has 0 bridgehead atoms. The average Bonchev–Trinajstić information content (AvgIpc) is 2.45. The van der Waals surface area contributed by atoms with Crippen molar-refractivity contribution < 1.29 is 14.3 Å². The van der Waals surface area contributed by atoms with Crippen LogP contribution in [0.4, 0.5) is 0 Å². The number of piperidine rings is 1. The van der Waals surface area contributed by atoms with Crippen LogP contribution in [0.3, 0.4) is 0 Å². The summed E-state index contributed by atoms with van der Waals surface area (Å²) < 4.78 is 5.49. The third kappa shape index (κ3) is 3.73. The molecule has 0 unspecified atom stereocenters. The molecular formula is C15H20N2O3. The first-order valence-electron chi connectivity index (χ1n) is 6.83. The van der Waals surface area contributed by atoms with Crippen molar-refractivity contribution in [2.45, 2.75) is 19.8 Å². The molecule has 1 heterocycles. The highest BCUT2D eigenvalue weighted by Crippen LogP contribution is 2.17. The fourth-order valence-corrected chi connectivity index (χ4v) is 2.35. The lowest BCUT2D eigenvalue weighted by Gasteiger charge is -2.30. The zero-order chi connectivity index (χ0) is 14.5. The number of hydrogen-bond acceptors (Lipinski definition) is 3. The van der Waals surface area contributed by atoms with Crippen LogP contribution in [0.15, 0.2) is 24.3 Å². The van der Waals surface area contributed by atoms with E-state index < -0.39 is 0 Å². The molecule has 5 heteroatoms. The van der Waals surface area contributed by atoms with Gasteiger partial charge < -0.3 is 15.4 Å². The summed E-state index contributed by atoms with van der Waals surface area (Å²) in [4.78, 5) is 24.8. The van der Waals surface area contributed by atoms with Crippen molar-refractivity contribution in [3.8, 4) is 5.75 Å². The molecular weight excluding hydrogens is 256 g/mol. The molecule has 2 N–H and O–H groups in total. The van der Waals surface area contributed by atoms with Gasteiger partial charge in [-0.3, -0.25) is 9.59 Å². The Balaban J connectivity index is 1.80. The second-order valence-electron chi connectivity index (χ2n) is 5.16. The topological polar surface area (TPSA) is 72.6 Å². The molecule has 0 atom stereocenters. The van der Waals surface area contributed by atoms with E-state index in [1.165, 1.54) is 0 Å². The summed E-state index contributed by atoms with van der Waals surface area (Å²) in [6.07, 6.45) is 1.29.